The van der Waals surface area contributed by atoms with E-state index in [9.17, 15) is 96.3 Å². The van der Waals surface area contributed by atoms with Crippen LogP contribution in [0.4, 0.5) is 32.0 Å². The average Bonchev–Trinajstić information content (AvgIpc) is 0.746. The highest BCUT2D eigenvalue weighted by Crippen LogP contribution is 2.47. The summed E-state index contributed by atoms with van der Waals surface area (Å²) in [6.07, 6.45) is -4.94. The summed E-state index contributed by atoms with van der Waals surface area (Å²) in [5.41, 5.74) is -8.09. The molecule has 0 saturated heterocycles. The summed E-state index contributed by atoms with van der Waals surface area (Å²) in [6.45, 7) is 21.8. The van der Waals surface area contributed by atoms with Gasteiger partial charge < -0.3 is 29.2 Å². The minimum atomic E-state index is -5.71. The number of aliphatic hydroxyl groups is 2. The Hall–Kier alpha value is -12.6. The summed E-state index contributed by atoms with van der Waals surface area (Å²) in [6, 6.07) is 51.6. The highest BCUT2D eigenvalue weighted by molar-refractivity contribution is 7.93. The zero-order valence-electron chi connectivity index (χ0n) is 62.6. The van der Waals surface area contributed by atoms with Gasteiger partial charge in [0, 0.05) is 71.7 Å². The lowest BCUT2D eigenvalue weighted by Gasteiger charge is -2.30. The summed E-state index contributed by atoms with van der Waals surface area (Å²) in [7, 11) is -10.3. The average molecular weight is 1610 g/mol. The topological polar surface area (TPSA) is 314 Å². The van der Waals surface area contributed by atoms with Crippen LogP contribution in [0.3, 0.4) is 0 Å². The van der Waals surface area contributed by atoms with Gasteiger partial charge in [-0.3, -0.25) is 28.5 Å². The molecular formula is C87H73F6NO19S2. The summed E-state index contributed by atoms with van der Waals surface area (Å²) in [4.78, 5) is 98.1. The first kappa shape index (κ1) is 86.4. The predicted octanol–water partition coefficient (Wildman–Crippen LogP) is 17.7. The van der Waals surface area contributed by atoms with Gasteiger partial charge in [0.15, 0.2) is 32.0 Å². The lowest BCUT2D eigenvalue weighted by atomic mass is 9.82. The molecule has 0 saturated carbocycles. The van der Waals surface area contributed by atoms with Crippen molar-refractivity contribution < 1.29 is 115 Å². The van der Waals surface area contributed by atoms with E-state index in [1.165, 1.54) is 113 Å². The number of halogens is 6. The van der Waals surface area contributed by atoms with E-state index in [-0.39, 0.29) is 121 Å². The van der Waals surface area contributed by atoms with Gasteiger partial charge in [0.2, 0.25) is 23.1 Å². The number of fused-ring (bicyclic) bond motifs is 8. The highest BCUT2D eigenvalue weighted by atomic mass is 32.2. The Bertz CT molecular complexity index is 6090. The van der Waals surface area contributed by atoms with Crippen molar-refractivity contribution in [3.05, 3.63) is 276 Å². The summed E-state index contributed by atoms with van der Waals surface area (Å²) < 4.78 is 159. The molecule has 0 aliphatic heterocycles. The van der Waals surface area contributed by atoms with Crippen molar-refractivity contribution in [1.82, 2.24) is 0 Å². The van der Waals surface area contributed by atoms with E-state index in [4.69, 9.17) is 18.9 Å². The number of nitrogens with one attached hydrogen (secondary N) is 1. The molecule has 4 N–H and O–H groups in total. The second-order valence-corrected chi connectivity index (χ2v) is 30.1. The molecule has 28 heteroatoms. The Morgan fingerprint density at radius 1 is 0.348 bits per heavy atom. The molecule has 0 amide bonds. The van der Waals surface area contributed by atoms with Crippen molar-refractivity contribution in [2.75, 3.05) is 31.1 Å². The number of ketones is 4. The van der Waals surface area contributed by atoms with E-state index in [1.807, 2.05) is 48.5 Å². The molecule has 0 heterocycles. The lowest BCUT2D eigenvalue weighted by Crippen LogP contribution is -2.39. The molecule has 0 radical (unpaired) electrons. The highest BCUT2D eigenvalue weighted by Gasteiger charge is 2.53. The number of esters is 4. The maximum absolute atomic E-state index is 13.7. The van der Waals surface area contributed by atoms with Gasteiger partial charge in [-0.15, -0.1) is 0 Å². The van der Waals surface area contributed by atoms with Crippen molar-refractivity contribution in [2.24, 2.45) is 0 Å². The molecule has 12 aromatic rings. The van der Waals surface area contributed by atoms with E-state index < -0.39 is 104 Å². The molecule has 1 unspecified atom stereocenters. The molecular weight excluding hydrogens is 1540 g/mol. The number of ether oxygens (including phenoxy) is 4. The van der Waals surface area contributed by atoms with Crippen LogP contribution in [-0.2, 0) is 69.5 Å². The molecule has 0 spiro atoms. The van der Waals surface area contributed by atoms with Crippen LogP contribution in [0.2, 0.25) is 0 Å². The van der Waals surface area contributed by atoms with Crippen LogP contribution >= 0.6 is 0 Å². The van der Waals surface area contributed by atoms with Gasteiger partial charge in [0.25, 0.3) is 10.1 Å². The molecule has 0 aliphatic carbocycles. The minimum Gasteiger partial charge on any atom is -0.454 e. The third kappa shape index (κ3) is 18.5. The van der Waals surface area contributed by atoms with Gasteiger partial charge in [-0.05, 0) is 119 Å². The Morgan fingerprint density at radius 2 is 0.548 bits per heavy atom. The van der Waals surface area contributed by atoms with Gasteiger partial charge in [0.05, 0.1) is 11.3 Å². The molecule has 0 aliphatic rings. The Morgan fingerprint density at radius 3 is 0.757 bits per heavy atom. The lowest BCUT2D eigenvalue weighted by molar-refractivity contribution is -0.257. The fraction of sp³-hybridized carbons (Fsp3) is 0.172. The number of sulfonamides is 1. The van der Waals surface area contributed by atoms with Crippen molar-refractivity contribution in [3.63, 3.8) is 0 Å². The van der Waals surface area contributed by atoms with Gasteiger partial charge in [-0.1, -0.05) is 220 Å². The Labute approximate surface area is 654 Å². The Kier molecular flexibility index (Phi) is 25.8. The summed E-state index contributed by atoms with van der Waals surface area (Å²) in [5.74, 6) is -4.75. The zero-order valence-corrected chi connectivity index (χ0v) is 64.2. The number of rotatable bonds is 21. The van der Waals surface area contributed by atoms with Crippen LogP contribution in [0, 0.1) is 0 Å². The predicted molar refractivity (Wildman–Crippen MR) is 426 cm³/mol. The normalized spacial score (nSPS) is 12.2. The first-order valence-electron chi connectivity index (χ1n) is 34.6. The van der Waals surface area contributed by atoms with E-state index in [0.717, 1.165) is 27.1 Å². The molecule has 594 valence electrons. The quantitative estimate of drug-likeness (QED) is 0.00988. The molecule has 1 atom stereocenters. The number of alkyl halides is 6. The molecule has 115 heavy (non-hydrogen) atoms. The number of Topliss-reactive ketones (excluding diaryl/α,β-unsaturated/α-hetero) is 4. The van der Waals surface area contributed by atoms with Gasteiger partial charge in [-0.2, -0.15) is 43.2 Å². The molecule has 0 bridgehead atoms. The molecule has 12 rings (SSSR count). The minimum absolute atomic E-state index is 0.0867. The molecule has 20 nitrogen and oxygen atoms in total. The number of carbonyl (C=O) groups excluding carboxylic acids is 8. The summed E-state index contributed by atoms with van der Waals surface area (Å²) >= 11 is 0. The van der Waals surface area contributed by atoms with Crippen molar-refractivity contribution in [1.29, 1.82) is 0 Å². The third-order valence-electron chi connectivity index (χ3n) is 18.0. The standard InChI is InChI=1S/C23H19F3O4.C23H22O4.C21H16F3NO5S.C20H16O6S/c1-13(2)21(28)30-12-18(27)19-14-8-4-6-10-16(14)20(22(3,29)23(24,25)26)17-11-7-5-9-15(17)19;1-14(2)22(25)27-13-19(24)20-15-9-5-7-11-17(15)21(23(3,4)26)18-12-8-6-10-16(18)20;1-12(2)20(27)30-11-17(26)18-13-7-3-5-9-15(13)19(16-10-6-4-8-14(16)18)25-31(28,29)21(22,23)24;1-12(2)20(22)26-11-17(21)18-13-7-3-5-9-15(13)19(27(23,24)25)16-10-6-4-8-14(16)18/h4-11,29H,1,12H2,2-3H3;5-12,26H,1,13H2,2-4H3;3-10,25H,1,11H2,2H3;3-10H,1,11H2,2H3,(H,23,24,25). The zero-order chi connectivity index (χ0) is 84.8. The maximum Gasteiger partial charge on any atom is 0.516 e. The molecule has 0 aromatic heterocycles. The molecule has 12 aromatic carbocycles. The van der Waals surface area contributed by atoms with Crippen LogP contribution in [-0.4, -0.2) is 117 Å². The SMILES string of the molecule is C=C(C)C(=O)OCC(=O)c1c2ccccc2c(C(C)(C)O)c2ccccc12.C=C(C)C(=O)OCC(=O)c1c2ccccc2c(C(C)(O)C(F)(F)F)c2ccccc12.C=C(C)C(=O)OCC(=O)c1c2ccccc2c(NS(=O)(=O)C(F)(F)F)c2ccccc12.C=C(C)C(=O)OCC(=O)c1c2ccccc2c(S(=O)(=O)O)c2ccccc12. The second kappa shape index (κ2) is 34.4. The van der Waals surface area contributed by atoms with Crippen LogP contribution in [0.15, 0.2) is 248 Å². The van der Waals surface area contributed by atoms with Crippen molar-refractivity contribution in [2.45, 2.75) is 76.2 Å². The maximum atomic E-state index is 13.7. The fourth-order valence-electron chi connectivity index (χ4n) is 12.9. The molecule has 0 fully saturated rings. The number of hydrogen-bond donors (Lipinski definition) is 4. The number of hydrogen-bond acceptors (Lipinski definition) is 18. The monoisotopic (exact) mass is 1610 g/mol. The number of anilines is 1. The Balaban J connectivity index is 0.000000176. The van der Waals surface area contributed by atoms with Crippen molar-refractivity contribution in [3.8, 4) is 0 Å². The van der Waals surface area contributed by atoms with Crippen LogP contribution < -0.4 is 4.72 Å². The van der Waals surface area contributed by atoms with E-state index in [0.29, 0.717) is 23.3 Å². The first-order chi connectivity index (χ1) is 53.8. The van der Waals surface area contributed by atoms with Crippen LogP contribution in [0.25, 0.3) is 86.2 Å². The third-order valence-corrected chi connectivity index (χ3v) is 20.0. The summed E-state index contributed by atoms with van der Waals surface area (Å²) in [5, 5.41) is 26.7. The van der Waals surface area contributed by atoms with Gasteiger partial charge in [0.1, 0.15) is 4.90 Å². The smallest absolute Gasteiger partial charge is 0.454 e. The second-order valence-electron chi connectivity index (χ2n) is 27.1. The van der Waals surface area contributed by atoms with E-state index in [1.54, 1.807) is 79.2 Å². The largest absolute Gasteiger partial charge is 0.516 e. The van der Waals surface area contributed by atoms with Gasteiger partial charge >= 0.3 is 45.6 Å². The number of benzene rings is 12. The first-order valence-corrected chi connectivity index (χ1v) is 37.5. The van der Waals surface area contributed by atoms with E-state index in [2.05, 4.69) is 26.3 Å². The van der Waals surface area contributed by atoms with Crippen LogP contribution in [0.5, 0.6) is 0 Å². The van der Waals surface area contributed by atoms with Crippen molar-refractivity contribution >= 4 is 159 Å². The fourth-order valence-corrected chi connectivity index (χ4v) is 14.4. The van der Waals surface area contributed by atoms with E-state index >= 15 is 0 Å². The number of carbonyl (C=O) groups is 8. The van der Waals surface area contributed by atoms with Crippen LogP contribution in [0.1, 0.15) is 101 Å². The van der Waals surface area contributed by atoms with Gasteiger partial charge in [-0.25, -0.2) is 19.2 Å².